The van der Waals surface area contributed by atoms with Gasteiger partial charge in [0.15, 0.2) is 5.69 Å². The van der Waals surface area contributed by atoms with Crippen LogP contribution in [0.15, 0.2) is 30.7 Å². The average Bonchev–Trinajstić information content (AvgIpc) is 3.47. The summed E-state index contributed by atoms with van der Waals surface area (Å²) in [6.45, 7) is 4.99. The molecular weight excluding hydrogens is 356 g/mol. The van der Waals surface area contributed by atoms with Crippen LogP contribution >= 0.6 is 0 Å². The molecule has 4 heterocycles. The van der Waals surface area contributed by atoms with E-state index in [2.05, 4.69) is 53.4 Å². The molecule has 2 saturated heterocycles. The quantitative estimate of drug-likeness (QED) is 0.734. The summed E-state index contributed by atoms with van der Waals surface area (Å²) in [6, 6.07) is 6.37. The molecule has 2 aliphatic heterocycles. The molecule has 28 heavy (non-hydrogen) atoms. The van der Waals surface area contributed by atoms with Crippen molar-refractivity contribution in [2.24, 2.45) is 0 Å². The summed E-state index contributed by atoms with van der Waals surface area (Å²) in [7, 11) is 0. The predicted molar refractivity (Wildman–Crippen MR) is 105 cm³/mol. The third-order valence-electron chi connectivity index (χ3n) is 5.57. The second kappa shape index (κ2) is 7.06. The molecule has 0 saturated carbocycles. The van der Waals surface area contributed by atoms with Crippen LogP contribution in [-0.4, -0.2) is 75.5 Å². The van der Waals surface area contributed by atoms with Crippen LogP contribution in [0, 0.1) is 0 Å². The average molecular weight is 378 g/mol. The van der Waals surface area contributed by atoms with Crippen molar-refractivity contribution in [3.8, 4) is 0 Å². The third kappa shape index (κ3) is 3.02. The van der Waals surface area contributed by atoms with E-state index in [1.807, 2.05) is 4.90 Å². The highest BCUT2D eigenvalue weighted by Crippen LogP contribution is 2.30. The SMILES string of the molecule is O=C(c1cn[nH]n1)N1CCN(c2ccc3ncnc(N4CCCC4)c3c2)CC1. The van der Waals surface area contributed by atoms with Crippen molar-refractivity contribution in [1.29, 1.82) is 0 Å². The minimum atomic E-state index is -0.0726. The lowest BCUT2D eigenvalue weighted by Gasteiger charge is -2.36. The topological polar surface area (TPSA) is 94.1 Å². The number of nitrogens with zero attached hydrogens (tertiary/aromatic N) is 7. The summed E-state index contributed by atoms with van der Waals surface area (Å²) in [4.78, 5) is 27.9. The highest BCUT2D eigenvalue weighted by molar-refractivity contribution is 5.93. The molecule has 9 nitrogen and oxygen atoms in total. The molecule has 9 heteroatoms. The van der Waals surface area contributed by atoms with Gasteiger partial charge in [0.25, 0.3) is 5.91 Å². The molecule has 1 amide bonds. The second-order valence-corrected chi connectivity index (χ2v) is 7.23. The number of piperazine rings is 1. The first-order chi connectivity index (χ1) is 13.8. The fourth-order valence-corrected chi connectivity index (χ4v) is 4.04. The Kier molecular flexibility index (Phi) is 4.27. The molecule has 1 N–H and O–H groups in total. The van der Waals surface area contributed by atoms with E-state index in [0.29, 0.717) is 18.8 Å². The van der Waals surface area contributed by atoms with E-state index in [9.17, 15) is 4.79 Å². The van der Waals surface area contributed by atoms with Crippen LogP contribution in [0.25, 0.3) is 10.9 Å². The Hall–Kier alpha value is -3.23. The number of H-pyrrole nitrogens is 1. The highest BCUT2D eigenvalue weighted by Gasteiger charge is 2.24. The van der Waals surface area contributed by atoms with Gasteiger partial charge in [-0.3, -0.25) is 4.79 Å². The van der Waals surface area contributed by atoms with Gasteiger partial charge in [0.1, 0.15) is 12.1 Å². The van der Waals surface area contributed by atoms with Crippen molar-refractivity contribution in [1.82, 2.24) is 30.3 Å². The van der Waals surface area contributed by atoms with Gasteiger partial charge in [-0.25, -0.2) is 9.97 Å². The van der Waals surface area contributed by atoms with E-state index < -0.39 is 0 Å². The summed E-state index contributed by atoms with van der Waals surface area (Å²) in [5.41, 5.74) is 2.49. The van der Waals surface area contributed by atoms with Crippen LogP contribution in [0.5, 0.6) is 0 Å². The van der Waals surface area contributed by atoms with E-state index in [-0.39, 0.29) is 5.91 Å². The Labute approximate surface area is 162 Å². The van der Waals surface area contributed by atoms with E-state index >= 15 is 0 Å². The van der Waals surface area contributed by atoms with Gasteiger partial charge >= 0.3 is 0 Å². The molecule has 1 aromatic carbocycles. The minimum Gasteiger partial charge on any atom is -0.368 e. The molecule has 2 aliphatic rings. The maximum Gasteiger partial charge on any atom is 0.276 e. The summed E-state index contributed by atoms with van der Waals surface area (Å²) in [5, 5.41) is 11.2. The maximum atomic E-state index is 12.4. The standard InChI is InChI=1S/C19H22N8O/c28-19(17-12-22-24-23-17)27-9-7-25(8-10-27)14-3-4-16-15(11-14)18(21-13-20-16)26-5-1-2-6-26/h3-4,11-13H,1-2,5-10H2,(H,22,23,24). The molecule has 0 bridgehead atoms. The van der Waals surface area contributed by atoms with Crippen LogP contribution in [0.4, 0.5) is 11.5 Å². The van der Waals surface area contributed by atoms with Crippen LogP contribution < -0.4 is 9.80 Å². The number of hydrogen-bond donors (Lipinski definition) is 1. The predicted octanol–water partition coefficient (Wildman–Crippen LogP) is 1.31. The van der Waals surface area contributed by atoms with Crippen molar-refractivity contribution in [3.63, 3.8) is 0 Å². The van der Waals surface area contributed by atoms with Gasteiger partial charge in [0.2, 0.25) is 0 Å². The first-order valence-corrected chi connectivity index (χ1v) is 9.69. The van der Waals surface area contributed by atoms with Crippen molar-refractivity contribution in [3.05, 3.63) is 36.4 Å². The number of amides is 1. The number of benzene rings is 1. The number of carbonyl (C=O) groups is 1. The lowest BCUT2D eigenvalue weighted by molar-refractivity contribution is 0.0741. The van der Waals surface area contributed by atoms with Crippen molar-refractivity contribution < 1.29 is 4.79 Å². The van der Waals surface area contributed by atoms with E-state index in [1.165, 1.54) is 19.0 Å². The number of rotatable bonds is 3. The Morgan fingerprint density at radius 3 is 2.54 bits per heavy atom. The van der Waals surface area contributed by atoms with Gasteiger partial charge in [-0.05, 0) is 31.0 Å². The van der Waals surface area contributed by atoms with E-state index in [0.717, 1.165) is 48.6 Å². The fourth-order valence-electron chi connectivity index (χ4n) is 4.04. The first kappa shape index (κ1) is 16.9. The zero-order valence-electron chi connectivity index (χ0n) is 15.6. The van der Waals surface area contributed by atoms with E-state index in [4.69, 9.17) is 0 Å². The first-order valence-electron chi connectivity index (χ1n) is 9.69. The van der Waals surface area contributed by atoms with Crippen molar-refractivity contribution in [2.45, 2.75) is 12.8 Å². The highest BCUT2D eigenvalue weighted by atomic mass is 16.2. The molecule has 5 rings (SSSR count). The number of aromatic amines is 1. The fraction of sp³-hybridized carbons (Fsp3) is 0.421. The third-order valence-corrected chi connectivity index (χ3v) is 5.57. The number of carbonyl (C=O) groups excluding carboxylic acids is 1. The summed E-state index contributed by atoms with van der Waals surface area (Å²) < 4.78 is 0. The van der Waals surface area contributed by atoms with Gasteiger partial charge < -0.3 is 14.7 Å². The van der Waals surface area contributed by atoms with E-state index in [1.54, 1.807) is 6.33 Å². The monoisotopic (exact) mass is 378 g/mol. The Balaban J connectivity index is 1.35. The Bertz CT molecular complexity index is 975. The zero-order valence-corrected chi connectivity index (χ0v) is 15.6. The smallest absolute Gasteiger partial charge is 0.276 e. The molecule has 0 radical (unpaired) electrons. The second-order valence-electron chi connectivity index (χ2n) is 7.23. The van der Waals surface area contributed by atoms with Crippen LogP contribution in [0.2, 0.25) is 0 Å². The Morgan fingerprint density at radius 1 is 0.964 bits per heavy atom. The van der Waals surface area contributed by atoms with Gasteiger partial charge in [-0.2, -0.15) is 15.4 Å². The molecule has 2 fully saturated rings. The summed E-state index contributed by atoms with van der Waals surface area (Å²) >= 11 is 0. The molecule has 0 spiro atoms. The van der Waals surface area contributed by atoms with Crippen LogP contribution in [-0.2, 0) is 0 Å². The Morgan fingerprint density at radius 2 is 1.79 bits per heavy atom. The zero-order chi connectivity index (χ0) is 18.9. The lowest BCUT2D eigenvalue weighted by Crippen LogP contribution is -2.48. The van der Waals surface area contributed by atoms with Crippen molar-refractivity contribution >= 4 is 28.3 Å². The summed E-state index contributed by atoms with van der Waals surface area (Å²) in [6.07, 6.45) is 5.56. The lowest BCUT2D eigenvalue weighted by atomic mass is 10.1. The molecule has 3 aromatic rings. The molecular formula is C19H22N8O. The number of aromatic nitrogens is 5. The number of nitrogens with one attached hydrogen (secondary N) is 1. The number of hydrogen-bond acceptors (Lipinski definition) is 7. The van der Waals surface area contributed by atoms with Gasteiger partial charge in [0.05, 0.1) is 11.7 Å². The maximum absolute atomic E-state index is 12.4. The minimum absolute atomic E-state index is 0.0726. The molecule has 0 unspecified atom stereocenters. The van der Waals surface area contributed by atoms with Crippen LogP contribution in [0.3, 0.4) is 0 Å². The molecule has 144 valence electrons. The van der Waals surface area contributed by atoms with Crippen molar-refractivity contribution in [2.75, 3.05) is 49.1 Å². The van der Waals surface area contributed by atoms with Gasteiger partial charge in [-0.15, -0.1) is 0 Å². The molecule has 0 aliphatic carbocycles. The number of anilines is 2. The van der Waals surface area contributed by atoms with Crippen LogP contribution in [0.1, 0.15) is 23.3 Å². The molecule has 0 atom stereocenters. The summed E-state index contributed by atoms with van der Waals surface area (Å²) in [5.74, 6) is 0.959. The van der Waals surface area contributed by atoms with Gasteiger partial charge in [-0.1, -0.05) is 0 Å². The normalized spacial score (nSPS) is 17.5. The largest absolute Gasteiger partial charge is 0.368 e. The van der Waals surface area contributed by atoms with Gasteiger partial charge in [0, 0.05) is 50.3 Å². The molecule has 2 aromatic heterocycles. The number of fused-ring (bicyclic) bond motifs is 1.